The Kier molecular flexibility index (Phi) is 3.46. The van der Waals surface area contributed by atoms with E-state index in [0.29, 0.717) is 18.5 Å². The zero-order valence-corrected chi connectivity index (χ0v) is 10.6. The minimum Gasteiger partial charge on any atom is -0.303 e. The first-order valence-corrected chi connectivity index (χ1v) is 5.90. The van der Waals surface area contributed by atoms with Crippen LogP contribution in [-0.4, -0.2) is 9.13 Å². The normalized spacial score (nSPS) is 10.6. The van der Waals surface area contributed by atoms with Crippen LogP contribution in [0.1, 0.15) is 11.1 Å². The van der Waals surface area contributed by atoms with Gasteiger partial charge in [0.15, 0.2) is 0 Å². The van der Waals surface area contributed by atoms with Crippen molar-refractivity contribution in [3.8, 4) is 0 Å². The third-order valence-electron chi connectivity index (χ3n) is 2.97. The predicted molar refractivity (Wildman–Crippen MR) is 70.8 cm³/mol. The van der Waals surface area contributed by atoms with Crippen molar-refractivity contribution in [2.24, 2.45) is 7.05 Å². The molecule has 0 radical (unpaired) electrons. The molecule has 0 amide bonds. The van der Waals surface area contributed by atoms with E-state index in [1.807, 2.05) is 30.3 Å². The summed E-state index contributed by atoms with van der Waals surface area (Å²) in [6.45, 7) is 2.14. The molecule has 0 saturated heterocycles. The Hall–Kier alpha value is -2.10. The quantitative estimate of drug-likeness (QED) is 0.811. The maximum atomic E-state index is 11.9. The lowest BCUT2D eigenvalue weighted by atomic mass is 10.1. The van der Waals surface area contributed by atoms with Crippen LogP contribution >= 0.6 is 0 Å². The zero-order chi connectivity index (χ0) is 13.1. The summed E-state index contributed by atoms with van der Waals surface area (Å²) in [7, 11) is 1.66. The fraction of sp³-hybridized carbons (Fsp3) is 0.286. The monoisotopic (exact) mass is 244 g/mol. The number of aromatic nitrogens is 2. The number of aryl methyl sites for hydroxylation is 3. The molecular formula is C14H16N2O2. The van der Waals surface area contributed by atoms with Gasteiger partial charge < -0.3 is 4.57 Å². The minimum absolute atomic E-state index is 0.200. The molecule has 0 aliphatic rings. The summed E-state index contributed by atoms with van der Waals surface area (Å²) in [6, 6.07) is 9.83. The summed E-state index contributed by atoms with van der Waals surface area (Å²) in [5.41, 5.74) is 1.24. The van der Waals surface area contributed by atoms with Crippen LogP contribution in [0.15, 0.2) is 46.1 Å². The molecule has 0 atom stereocenters. The highest BCUT2D eigenvalue weighted by Crippen LogP contribution is 2.00. The molecule has 4 heteroatoms. The Morgan fingerprint density at radius 3 is 2.44 bits per heavy atom. The molecule has 0 N–H and O–H groups in total. The lowest BCUT2D eigenvalue weighted by Gasteiger charge is -2.08. The van der Waals surface area contributed by atoms with Crippen molar-refractivity contribution in [2.45, 2.75) is 19.9 Å². The molecule has 18 heavy (non-hydrogen) atoms. The van der Waals surface area contributed by atoms with Crippen LogP contribution in [0.25, 0.3) is 0 Å². The molecule has 94 valence electrons. The lowest BCUT2D eigenvalue weighted by Crippen LogP contribution is -2.40. The first-order valence-electron chi connectivity index (χ1n) is 5.90. The number of nitrogens with zero attached hydrogens (tertiary/aromatic N) is 2. The molecule has 1 aromatic carbocycles. The summed E-state index contributed by atoms with van der Waals surface area (Å²) in [5.74, 6) is 0. The van der Waals surface area contributed by atoms with Crippen LogP contribution in [0.3, 0.4) is 0 Å². The second-order valence-corrected chi connectivity index (χ2v) is 4.40. The Labute approximate surface area is 105 Å². The summed E-state index contributed by atoms with van der Waals surface area (Å²) in [6.07, 6.45) is 2.25. The summed E-state index contributed by atoms with van der Waals surface area (Å²) in [4.78, 5) is 23.8. The van der Waals surface area contributed by atoms with E-state index in [1.54, 1.807) is 20.2 Å². The van der Waals surface area contributed by atoms with Gasteiger partial charge >= 0.3 is 5.69 Å². The minimum atomic E-state index is -0.262. The maximum Gasteiger partial charge on any atom is 0.330 e. The van der Waals surface area contributed by atoms with Crippen molar-refractivity contribution in [3.63, 3.8) is 0 Å². The van der Waals surface area contributed by atoms with Crippen molar-refractivity contribution in [2.75, 3.05) is 0 Å². The average Bonchev–Trinajstić information content (AvgIpc) is 2.38. The molecule has 0 spiro atoms. The highest BCUT2D eigenvalue weighted by atomic mass is 16.2. The predicted octanol–water partition coefficient (Wildman–Crippen LogP) is 1.10. The molecule has 0 aliphatic carbocycles. The Morgan fingerprint density at radius 2 is 1.78 bits per heavy atom. The van der Waals surface area contributed by atoms with Crippen molar-refractivity contribution in [1.82, 2.24) is 9.13 Å². The third-order valence-corrected chi connectivity index (χ3v) is 2.97. The van der Waals surface area contributed by atoms with Gasteiger partial charge in [-0.2, -0.15) is 0 Å². The first kappa shape index (κ1) is 12.4. The van der Waals surface area contributed by atoms with Gasteiger partial charge in [-0.25, -0.2) is 4.79 Å². The smallest absolute Gasteiger partial charge is 0.303 e. The van der Waals surface area contributed by atoms with E-state index >= 15 is 0 Å². The van der Waals surface area contributed by atoms with Gasteiger partial charge in [0.2, 0.25) is 0 Å². The molecule has 0 aliphatic heterocycles. The average molecular weight is 244 g/mol. The van der Waals surface area contributed by atoms with Gasteiger partial charge in [0, 0.05) is 25.4 Å². The largest absolute Gasteiger partial charge is 0.330 e. The Morgan fingerprint density at radius 1 is 1.11 bits per heavy atom. The van der Waals surface area contributed by atoms with E-state index in [-0.39, 0.29) is 11.2 Å². The molecule has 0 unspecified atom stereocenters. The molecule has 1 aromatic heterocycles. The van der Waals surface area contributed by atoms with Crippen molar-refractivity contribution >= 4 is 0 Å². The van der Waals surface area contributed by atoms with Gasteiger partial charge in [-0.15, -0.1) is 0 Å². The topological polar surface area (TPSA) is 44.0 Å². The van der Waals surface area contributed by atoms with Crippen molar-refractivity contribution in [3.05, 3.63) is 68.5 Å². The molecule has 0 bridgehead atoms. The van der Waals surface area contributed by atoms with E-state index in [0.717, 1.165) is 5.56 Å². The molecule has 2 aromatic rings. The van der Waals surface area contributed by atoms with Crippen LogP contribution in [0.2, 0.25) is 0 Å². The van der Waals surface area contributed by atoms with Crippen LogP contribution in [-0.2, 0) is 20.0 Å². The van der Waals surface area contributed by atoms with Crippen LogP contribution in [0.4, 0.5) is 0 Å². The second kappa shape index (κ2) is 5.04. The number of benzene rings is 1. The van der Waals surface area contributed by atoms with Gasteiger partial charge in [-0.05, 0) is 18.9 Å². The molecule has 4 nitrogen and oxygen atoms in total. The highest BCUT2D eigenvalue weighted by molar-refractivity contribution is 5.14. The van der Waals surface area contributed by atoms with Gasteiger partial charge in [0.25, 0.3) is 5.56 Å². The molecule has 1 heterocycles. The summed E-state index contributed by atoms with van der Waals surface area (Å²) in [5, 5.41) is 0. The van der Waals surface area contributed by atoms with Gasteiger partial charge in [0.05, 0.1) is 0 Å². The van der Waals surface area contributed by atoms with E-state index < -0.39 is 0 Å². The molecule has 0 fully saturated rings. The van der Waals surface area contributed by atoms with Crippen molar-refractivity contribution in [1.29, 1.82) is 0 Å². The first-order chi connectivity index (χ1) is 8.59. The van der Waals surface area contributed by atoms with E-state index in [2.05, 4.69) is 0 Å². The van der Waals surface area contributed by atoms with Gasteiger partial charge in [-0.1, -0.05) is 30.3 Å². The molecular weight excluding hydrogens is 228 g/mol. The van der Waals surface area contributed by atoms with Crippen LogP contribution < -0.4 is 11.2 Å². The fourth-order valence-corrected chi connectivity index (χ4v) is 1.97. The highest BCUT2D eigenvalue weighted by Gasteiger charge is 2.06. The van der Waals surface area contributed by atoms with Crippen molar-refractivity contribution < 1.29 is 0 Å². The summed E-state index contributed by atoms with van der Waals surface area (Å²) < 4.78 is 2.74. The fourth-order valence-electron chi connectivity index (χ4n) is 1.97. The maximum absolute atomic E-state index is 11.9. The summed E-state index contributed by atoms with van der Waals surface area (Å²) >= 11 is 0. The molecule has 2 rings (SSSR count). The second-order valence-electron chi connectivity index (χ2n) is 4.40. The van der Waals surface area contributed by atoms with Crippen LogP contribution in [0.5, 0.6) is 0 Å². The van der Waals surface area contributed by atoms with Gasteiger partial charge in [-0.3, -0.25) is 9.36 Å². The standard InChI is InChI=1S/C14H16N2O2/c1-11-10-15(2)14(18)16(13(11)17)9-8-12-6-4-3-5-7-12/h3-7,10H,8-9H2,1-2H3. The van der Waals surface area contributed by atoms with E-state index in [4.69, 9.17) is 0 Å². The lowest BCUT2D eigenvalue weighted by molar-refractivity contribution is 0.585. The Balaban J connectivity index is 2.30. The molecule has 0 saturated carbocycles. The third kappa shape index (κ3) is 2.42. The van der Waals surface area contributed by atoms with Gasteiger partial charge in [0.1, 0.15) is 0 Å². The number of rotatable bonds is 3. The van der Waals surface area contributed by atoms with E-state index in [1.165, 1.54) is 9.13 Å². The Bertz CT molecular complexity index is 619. The number of hydrogen-bond donors (Lipinski definition) is 0. The van der Waals surface area contributed by atoms with Crippen LogP contribution in [0, 0.1) is 6.92 Å². The van der Waals surface area contributed by atoms with E-state index in [9.17, 15) is 9.59 Å². The zero-order valence-electron chi connectivity index (χ0n) is 10.6. The number of hydrogen-bond acceptors (Lipinski definition) is 2. The SMILES string of the molecule is Cc1cn(C)c(=O)n(CCc2ccccc2)c1=O.